The average molecular weight is 715 g/mol. The van der Waals surface area contributed by atoms with Gasteiger partial charge in [0.2, 0.25) is 15.9 Å². The van der Waals surface area contributed by atoms with Crippen molar-refractivity contribution in [3.8, 4) is 5.69 Å². The van der Waals surface area contributed by atoms with Crippen molar-refractivity contribution in [1.29, 1.82) is 0 Å². The van der Waals surface area contributed by atoms with Gasteiger partial charge in [-0.25, -0.2) is 8.42 Å². The molecule has 2 amide bonds. The molecule has 4 rings (SSSR count). The number of alkyl halides is 6. The quantitative estimate of drug-likeness (QED) is 0.136. The van der Waals surface area contributed by atoms with Gasteiger partial charge in [0.15, 0.2) is 11.0 Å². The van der Waals surface area contributed by atoms with E-state index in [4.69, 9.17) is 0 Å². The first-order chi connectivity index (χ1) is 22.6. The minimum atomic E-state index is -4.73. The van der Waals surface area contributed by atoms with Crippen LogP contribution in [0.5, 0.6) is 0 Å². The maximum absolute atomic E-state index is 13.5. The molecule has 0 aliphatic heterocycles. The van der Waals surface area contributed by atoms with Crippen molar-refractivity contribution in [2.75, 3.05) is 24.2 Å². The van der Waals surface area contributed by atoms with E-state index in [9.17, 15) is 44.3 Å². The maximum Gasteiger partial charge on any atom is 0.418 e. The number of thioether (sulfide) groups is 1. The molecule has 2 N–H and O–H groups in total. The third-order valence-electron chi connectivity index (χ3n) is 6.84. The Hall–Kier alpha value is -4.42. The predicted octanol–water partition coefficient (Wildman–Crippen LogP) is 6.00. The van der Waals surface area contributed by atoms with Crippen LogP contribution in [0.15, 0.2) is 82.8 Å². The summed E-state index contributed by atoms with van der Waals surface area (Å²) in [5.41, 5.74) is -2.51. The highest BCUT2D eigenvalue weighted by Gasteiger charge is 2.34. The summed E-state index contributed by atoms with van der Waals surface area (Å²) in [4.78, 5) is 25.6. The van der Waals surface area contributed by atoms with E-state index in [0.717, 1.165) is 36.4 Å². The summed E-state index contributed by atoms with van der Waals surface area (Å²) in [6, 6.07) is 13.6. The summed E-state index contributed by atoms with van der Waals surface area (Å²) in [6.45, 7) is 3.54. The zero-order valence-electron chi connectivity index (χ0n) is 25.3. The fourth-order valence-corrected chi connectivity index (χ4v) is 6.73. The van der Waals surface area contributed by atoms with E-state index in [1.165, 1.54) is 45.3 Å². The van der Waals surface area contributed by atoms with Gasteiger partial charge < -0.3 is 10.6 Å². The number of para-hydroxylation sites is 1. The molecule has 0 aliphatic rings. The smallest absolute Gasteiger partial charge is 0.345 e. The standard InChI is InChI=1S/C30H28F6N6O4S2/c1-3-41(4-2)48(45,46)22-14-12-19(13-15-22)27(44)37-17-25-39-40-28(42(25)21-9-7-8-20(16-21)29(31,32)33)47-18-26(43)38-24-11-6-5-10-23(24)30(34,35)36/h5-16H,3-4,17-18H2,1-2H3,(H,37,44)(H,38,43). The second-order valence-electron chi connectivity index (χ2n) is 9.96. The molecule has 0 spiro atoms. The zero-order valence-corrected chi connectivity index (χ0v) is 26.9. The van der Waals surface area contributed by atoms with Crippen LogP contribution in [0.4, 0.5) is 32.0 Å². The Labute approximate surface area is 275 Å². The second-order valence-corrected chi connectivity index (χ2v) is 12.8. The van der Waals surface area contributed by atoms with Crippen LogP contribution in [0.2, 0.25) is 0 Å². The van der Waals surface area contributed by atoms with E-state index >= 15 is 0 Å². The summed E-state index contributed by atoms with van der Waals surface area (Å²) in [6.07, 6.45) is -9.44. The Morgan fingerprint density at radius 3 is 2.17 bits per heavy atom. The third kappa shape index (κ3) is 8.53. The number of nitrogens with one attached hydrogen (secondary N) is 2. The molecule has 0 atom stereocenters. The van der Waals surface area contributed by atoms with Crippen molar-refractivity contribution in [3.05, 3.63) is 95.3 Å². The SMILES string of the molecule is CCN(CC)S(=O)(=O)c1ccc(C(=O)NCc2nnc(SCC(=O)Nc3ccccc3C(F)(F)F)n2-c2cccc(C(F)(F)F)c2)cc1. The van der Waals surface area contributed by atoms with Crippen molar-refractivity contribution in [3.63, 3.8) is 0 Å². The number of aromatic nitrogens is 3. The van der Waals surface area contributed by atoms with Gasteiger partial charge in [-0.3, -0.25) is 14.2 Å². The van der Waals surface area contributed by atoms with E-state index in [1.54, 1.807) is 13.8 Å². The first-order valence-corrected chi connectivity index (χ1v) is 16.6. The van der Waals surface area contributed by atoms with Crippen LogP contribution in [0.25, 0.3) is 5.69 Å². The highest BCUT2D eigenvalue weighted by molar-refractivity contribution is 7.99. The number of anilines is 1. The number of amides is 2. The molecule has 0 saturated heterocycles. The lowest BCUT2D eigenvalue weighted by Crippen LogP contribution is -2.30. The number of rotatable bonds is 12. The molecule has 0 bridgehead atoms. The van der Waals surface area contributed by atoms with Gasteiger partial charge in [0, 0.05) is 18.7 Å². The van der Waals surface area contributed by atoms with Crippen molar-refractivity contribution >= 4 is 39.3 Å². The van der Waals surface area contributed by atoms with E-state index < -0.39 is 56.8 Å². The van der Waals surface area contributed by atoms with Crippen LogP contribution in [-0.4, -0.2) is 58.1 Å². The van der Waals surface area contributed by atoms with E-state index in [1.807, 2.05) is 0 Å². The van der Waals surface area contributed by atoms with Gasteiger partial charge in [-0.15, -0.1) is 10.2 Å². The predicted molar refractivity (Wildman–Crippen MR) is 165 cm³/mol. The van der Waals surface area contributed by atoms with Crippen LogP contribution in [0.1, 0.15) is 41.2 Å². The second kappa shape index (κ2) is 14.8. The fourth-order valence-electron chi connectivity index (χ4n) is 4.50. The molecule has 0 saturated carbocycles. The highest BCUT2D eigenvalue weighted by Crippen LogP contribution is 2.35. The van der Waals surface area contributed by atoms with Gasteiger partial charge in [0.05, 0.1) is 39.7 Å². The van der Waals surface area contributed by atoms with E-state index in [0.29, 0.717) is 11.8 Å². The number of carbonyl (C=O) groups is 2. The molecule has 256 valence electrons. The summed E-state index contributed by atoms with van der Waals surface area (Å²) in [5.74, 6) is -2.03. The van der Waals surface area contributed by atoms with Gasteiger partial charge in [0.25, 0.3) is 5.91 Å². The molecule has 1 aromatic heterocycles. The van der Waals surface area contributed by atoms with Crippen molar-refractivity contribution in [1.82, 2.24) is 24.4 Å². The maximum atomic E-state index is 13.5. The first kappa shape index (κ1) is 36.4. The lowest BCUT2D eigenvalue weighted by Gasteiger charge is -2.18. The molecule has 4 aromatic rings. The Morgan fingerprint density at radius 1 is 0.875 bits per heavy atom. The van der Waals surface area contributed by atoms with Crippen LogP contribution in [0, 0.1) is 0 Å². The van der Waals surface area contributed by atoms with Crippen molar-refractivity contribution in [2.45, 2.75) is 42.8 Å². The first-order valence-electron chi connectivity index (χ1n) is 14.2. The number of nitrogens with zero attached hydrogens (tertiary/aromatic N) is 4. The molecule has 3 aromatic carbocycles. The fraction of sp³-hybridized carbons (Fsp3) is 0.267. The molecular weight excluding hydrogens is 686 g/mol. The van der Waals surface area contributed by atoms with Crippen molar-refractivity contribution in [2.24, 2.45) is 0 Å². The van der Waals surface area contributed by atoms with Gasteiger partial charge >= 0.3 is 12.4 Å². The number of carbonyl (C=O) groups excluding carboxylic acids is 2. The Balaban J connectivity index is 1.56. The number of sulfonamides is 1. The number of halogens is 6. The summed E-state index contributed by atoms with van der Waals surface area (Å²) < 4.78 is 109. The molecule has 10 nitrogen and oxygen atoms in total. The topological polar surface area (TPSA) is 126 Å². The number of hydrogen-bond donors (Lipinski definition) is 2. The molecule has 0 aliphatic carbocycles. The minimum absolute atomic E-state index is 0.0142. The lowest BCUT2D eigenvalue weighted by atomic mass is 10.1. The Kier molecular flexibility index (Phi) is 11.2. The lowest BCUT2D eigenvalue weighted by molar-refractivity contribution is -0.138. The van der Waals surface area contributed by atoms with E-state index in [2.05, 4.69) is 20.8 Å². The molecule has 1 heterocycles. The van der Waals surface area contributed by atoms with Crippen molar-refractivity contribution < 1.29 is 44.3 Å². The summed E-state index contributed by atoms with van der Waals surface area (Å²) in [7, 11) is -3.77. The van der Waals surface area contributed by atoms with Gasteiger partial charge in [-0.05, 0) is 54.6 Å². The third-order valence-corrected chi connectivity index (χ3v) is 9.83. The largest absolute Gasteiger partial charge is 0.418 e. The molecule has 0 fully saturated rings. The normalized spacial score (nSPS) is 12.3. The van der Waals surface area contributed by atoms with Crippen LogP contribution in [0.3, 0.4) is 0 Å². The zero-order chi connectivity index (χ0) is 35.3. The van der Waals surface area contributed by atoms with E-state index in [-0.39, 0.29) is 46.8 Å². The monoisotopic (exact) mass is 714 g/mol. The Bertz CT molecular complexity index is 1880. The van der Waals surface area contributed by atoms with Gasteiger partial charge in [0.1, 0.15) is 0 Å². The van der Waals surface area contributed by atoms with Crippen LogP contribution < -0.4 is 10.6 Å². The van der Waals surface area contributed by atoms with Crippen LogP contribution in [-0.2, 0) is 33.7 Å². The molecular formula is C30H28F6N6O4S2. The van der Waals surface area contributed by atoms with Crippen LogP contribution >= 0.6 is 11.8 Å². The molecule has 18 heteroatoms. The molecule has 0 radical (unpaired) electrons. The van der Waals surface area contributed by atoms with Gasteiger partial charge in [-0.1, -0.05) is 43.8 Å². The molecule has 48 heavy (non-hydrogen) atoms. The van der Waals surface area contributed by atoms with Gasteiger partial charge in [-0.2, -0.15) is 30.6 Å². The minimum Gasteiger partial charge on any atom is -0.345 e. The highest BCUT2D eigenvalue weighted by atomic mass is 32.2. The number of hydrogen-bond acceptors (Lipinski definition) is 7. The number of benzene rings is 3. The summed E-state index contributed by atoms with van der Waals surface area (Å²) >= 11 is 0.698. The Morgan fingerprint density at radius 2 is 1.54 bits per heavy atom. The summed E-state index contributed by atoms with van der Waals surface area (Å²) in [5, 5.41) is 12.6. The average Bonchev–Trinajstić information content (AvgIpc) is 3.45. The molecule has 0 unspecified atom stereocenters.